The molecule has 5 heteroatoms. The van der Waals surface area contributed by atoms with E-state index in [2.05, 4.69) is 5.32 Å². The van der Waals surface area contributed by atoms with Gasteiger partial charge in [-0.25, -0.2) is 0 Å². The highest BCUT2D eigenvalue weighted by Gasteiger charge is 2.44. The van der Waals surface area contributed by atoms with E-state index in [0.717, 1.165) is 5.56 Å². The molecular formula is C16H21NO4. The topological polar surface area (TPSA) is 86.6 Å². The molecule has 1 amide bonds. The lowest BCUT2D eigenvalue weighted by molar-refractivity contribution is -0.137. The van der Waals surface area contributed by atoms with E-state index < -0.39 is 17.5 Å². The number of hydrogen-bond acceptors (Lipinski definition) is 3. The maximum atomic E-state index is 12.5. The minimum atomic E-state index is -0.932. The summed E-state index contributed by atoms with van der Waals surface area (Å²) in [7, 11) is 0. The molecule has 114 valence electrons. The monoisotopic (exact) mass is 291 g/mol. The molecule has 0 aliphatic heterocycles. The lowest BCUT2D eigenvalue weighted by Gasteiger charge is -2.28. The molecule has 3 N–H and O–H groups in total. The van der Waals surface area contributed by atoms with E-state index in [0.29, 0.717) is 25.7 Å². The molecule has 21 heavy (non-hydrogen) atoms. The van der Waals surface area contributed by atoms with Gasteiger partial charge in [0.05, 0.1) is 17.9 Å². The summed E-state index contributed by atoms with van der Waals surface area (Å²) in [5, 5.41) is 21.2. The second kappa shape index (κ2) is 6.72. The Kier molecular flexibility index (Phi) is 4.96. The van der Waals surface area contributed by atoms with E-state index in [1.165, 1.54) is 0 Å². The number of carboxylic acids is 1. The summed E-state index contributed by atoms with van der Waals surface area (Å²) in [5.74, 6) is -1.08. The fourth-order valence-electron chi connectivity index (χ4n) is 3.00. The maximum Gasteiger partial charge on any atom is 0.305 e. The Hall–Kier alpha value is -1.88. The third kappa shape index (κ3) is 4.04. The molecule has 0 heterocycles. The van der Waals surface area contributed by atoms with Gasteiger partial charge in [0.2, 0.25) is 5.91 Å². The number of nitrogens with one attached hydrogen (secondary N) is 1. The highest BCUT2D eigenvalue weighted by atomic mass is 16.4. The van der Waals surface area contributed by atoms with Crippen LogP contribution in [-0.4, -0.2) is 34.7 Å². The summed E-state index contributed by atoms with van der Waals surface area (Å²) in [5.41, 5.74) is 0.430. The molecular weight excluding hydrogens is 270 g/mol. The average molecular weight is 291 g/mol. The second-order valence-corrected chi connectivity index (χ2v) is 5.74. The van der Waals surface area contributed by atoms with Crippen molar-refractivity contribution in [3.63, 3.8) is 0 Å². The molecule has 1 aromatic carbocycles. The first-order chi connectivity index (χ1) is 10.0. The van der Waals surface area contributed by atoms with Gasteiger partial charge in [0.15, 0.2) is 0 Å². The predicted molar refractivity (Wildman–Crippen MR) is 77.7 cm³/mol. The van der Waals surface area contributed by atoms with Crippen molar-refractivity contribution >= 4 is 11.9 Å². The normalized spacial score (nSPS) is 24.7. The number of aliphatic carboxylic acids is 1. The average Bonchev–Trinajstić information content (AvgIpc) is 2.82. The number of carbonyl (C=O) groups is 2. The Labute approximate surface area is 124 Å². The number of benzene rings is 1. The largest absolute Gasteiger partial charge is 0.481 e. The molecule has 5 nitrogen and oxygen atoms in total. The van der Waals surface area contributed by atoms with Gasteiger partial charge in [-0.1, -0.05) is 30.3 Å². The molecule has 0 aromatic heterocycles. The van der Waals surface area contributed by atoms with E-state index in [9.17, 15) is 14.7 Å². The van der Waals surface area contributed by atoms with Gasteiger partial charge in [-0.05, 0) is 31.2 Å². The van der Waals surface area contributed by atoms with E-state index in [1.54, 1.807) is 0 Å². The Bertz CT molecular complexity index is 502. The Morgan fingerprint density at radius 2 is 2.00 bits per heavy atom. The smallest absolute Gasteiger partial charge is 0.305 e. The van der Waals surface area contributed by atoms with Crippen molar-refractivity contribution in [1.29, 1.82) is 0 Å². The first-order valence-corrected chi connectivity index (χ1v) is 7.24. The van der Waals surface area contributed by atoms with Crippen molar-refractivity contribution in [3.05, 3.63) is 35.9 Å². The van der Waals surface area contributed by atoms with Crippen LogP contribution in [0.4, 0.5) is 0 Å². The molecule has 2 rings (SSSR count). The molecule has 0 unspecified atom stereocenters. The molecule has 0 spiro atoms. The van der Waals surface area contributed by atoms with Crippen LogP contribution in [0.15, 0.2) is 30.3 Å². The van der Waals surface area contributed by atoms with Crippen LogP contribution < -0.4 is 5.32 Å². The molecule has 1 saturated carbocycles. The van der Waals surface area contributed by atoms with Crippen molar-refractivity contribution in [2.75, 3.05) is 6.54 Å². The van der Waals surface area contributed by atoms with Crippen LogP contribution in [0.3, 0.4) is 0 Å². The fourth-order valence-corrected chi connectivity index (χ4v) is 3.00. The van der Waals surface area contributed by atoms with Gasteiger partial charge >= 0.3 is 5.97 Å². The van der Waals surface area contributed by atoms with Gasteiger partial charge in [0.1, 0.15) is 0 Å². The minimum Gasteiger partial charge on any atom is -0.481 e. The third-order valence-corrected chi connectivity index (χ3v) is 4.07. The van der Waals surface area contributed by atoms with E-state index >= 15 is 0 Å². The summed E-state index contributed by atoms with van der Waals surface area (Å²) in [6, 6.07) is 9.72. The number of aliphatic hydroxyl groups excluding tert-OH is 1. The fraction of sp³-hybridized carbons (Fsp3) is 0.500. The van der Waals surface area contributed by atoms with Crippen LogP contribution in [0, 0.1) is 5.41 Å². The molecule has 1 fully saturated rings. The highest BCUT2D eigenvalue weighted by Crippen LogP contribution is 2.41. The van der Waals surface area contributed by atoms with Gasteiger partial charge in [-0.15, -0.1) is 0 Å². The number of carbonyl (C=O) groups excluding carboxylic acids is 1. The van der Waals surface area contributed by atoms with E-state index in [-0.39, 0.29) is 18.9 Å². The van der Waals surface area contributed by atoms with Gasteiger partial charge < -0.3 is 15.5 Å². The first kappa shape index (κ1) is 15.5. The SMILES string of the molecule is O=C(O)CCNC(=O)[C@]1(Cc2ccccc2)CC[C@@H](O)C1. The van der Waals surface area contributed by atoms with E-state index in [4.69, 9.17) is 5.11 Å². The summed E-state index contributed by atoms with van der Waals surface area (Å²) < 4.78 is 0. The van der Waals surface area contributed by atoms with E-state index in [1.807, 2.05) is 30.3 Å². The van der Waals surface area contributed by atoms with Gasteiger partial charge in [-0.2, -0.15) is 0 Å². The molecule has 1 aromatic rings. The number of hydrogen-bond donors (Lipinski definition) is 3. The number of carboxylic acid groups (broad SMARTS) is 1. The Balaban J connectivity index is 2.06. The van der Waals surface area contributed by atoms with Crippen LogP contribution in [-0.2, 0) is 16.0 Å². The van der Waals surface area contributed by atoms with Crippen molar-refractivity contribution in [1.82, 2.24) is 5.32 Å². The quantitative estimate of drug-likeness (QED) is 0.738. The van der Waals surface area contributed by atoms with Crippen molar-refractivity contribution in [2.45, 2.75) is 38.2 Å². The minimum absolute atomic E-state index is 0.0876. The van der Waals surface area contributed by atoms with Crippen LogP contribution in [0.25, 0.3) is 0 Å². The lowest BCUT2D eigenvalue weighted by atomic mass is 9.79. The number of rotatable bonds is 6. The molecule has 2 atom stereocenters. The first-order valence-electron chi connectivity index (χ1n) is 7.24. The van der Waals surface area contributed by atoms with Crippen LogP contribution in [0.1, 0.15) is 31.2 Å². The summed E-state index contributed by atoms with van der Waals surface area (Å²) in [6.07, 6.45) is 1.69. The lowest BCUT2D eigenvalue weighted by Crippen LogP contribution is -2.42. The molecule has 0 saturated heterocycles. The Morgan fingerprint density at radius 3 is 2.57 bits per heavy atom. The summed E-state index contributed by atoms with van der Waals surface area (Å²) >= 11 is 0. The molecule has 0 radical (unpaired) electrons. The molecule has 1 aliphatic rings. The Morgan fingerprint density at radius 1 is 1.29 bits per heavy atom. The van der Waals surface area contributed by atoms with Crippen molar-refractivity contribution < 1.29 is 19.8 Å². The third-order valence-electron chi connectivity index (χ3n) is 4.07. The molecule has 1 aliphatic carbocycles. The zero-order chi connectivity index (χ0) is 15.3. The highest BCUT2D eigenvalue weighted by molar-refractivity contribution is 5.83. The van der Waals surface area contributed by atoms with Crippen molar-refractivity contribution in [2.24, 2.45) is 5.41 Å². The maximum absolute atomic E-state index is 12.5. The zero-order valence-electron chi connectivity index (χ0n) is 11.9. The van der Waals surface area contributed by atoms with Crippen LogP contribution in [0.5, 0.6) is 0 Å². The van der Waals surface area contributed by atoms with Gasteiger partial charge in [0, 0.05) is 6.54 Å². The predicted octanol–water partition coefficient (Wildman–Crippen LogP) is 1.35. The summed E-state index contributed by atoms with van der Waals surface area (Å²) in [4.78, 5) is 23.0. The van der Waals surface area contributed by atoms with Crippen LogP contribution in [0.2, 0.25) is 0 Å². The van der Waals surface area contributed by atoms with Gasteiger partial charge in [-0.3, -0.25) is 9.59 Å². The number of amides is 1. The second-order valence-electron chi connectivity index (χ2n) is 5.74. The van der Waals surface area contributed by atoms with Gasteiger partial charge in [0.25, 0.3) is 0 Å². The number of aliphatic hydroxyl groups is 1. The van der Waals surface area contributed by atoms with Crippen LogP contribution >= 0.6 is 0 Å². The summed E-state index contributed by atoms with van der Waals surface area (Å²) in [6.45, 7) is 0.126. The standard InChI is InChI=1S/C16H21NO4/c18-13-6-8-16(11-13,10-12-4-2-1-3-5-12)15(21)17-9-7-14(19)20/h1-5,13,18H,6-11H2,(H,17,21)(H,19,20)/t13-,16+/m1/s1. The zero-order valence-corrected chi connectivity index (χ0v) is 11.9. The molecule has 0 bridgehead atoms. The van der Waals surface area contributed by atoms with Crippen molar-refractivity contribution in [3.8, 4) is 0 Å².